The fourth-order valence-electron chi connectivity index (χ4n) is 5.85. The third kappa shape index (κ3) is 15.5. The zero-order valence-electron chi connectivity index (χ0n) is 32.8. The van der Waals surface area contributed by atoms with Gasteiger partial charge in [0.15, 0.2) is 0 Å². The highest BCUT2D eigenvalue weighted by molar-refractivity contribution is 5.97. The SMILES string of the molecule is NC(=O)C[C@H](N)C(=O)N[C@@H](CO)C(=O)N[C@@H](Cc1ccc(O)cc1)C(=O)N[C@@H](Cc1c[nH]c2ccccc12)C(=O)NCC(=O)N[C@@H](CCC(=O)O)C(=O)N[C@@H](CC(=O)O)C(=O)O. The van der Waals surface area contributed by atoms with Crippen molar-refractivity contribution >= 4 is 70.2 Å². The number of carboxylic acids is 3. The van der Waals surface area contributed by atoms with Gasteiger partial charge in [-0.1, -0.05) is 30.3 Å². The summed E-state index contributed by atoms with van der Waals surface area (Å²) in [5, 5.41) is 61.4. The number of rotatable bonds is 25. The lowest BCUT2D eigenvalue weighted by atomic mass is 10.0. The minimum absolute atomic E-state index is 0.120. The number of aromatic nitrogens is 1. The molecule has 1 heterocycles. The number of hydrogen-bond acceptors (Lipinski definition) is 13. The molecule has 24 nitrogen and oxygen atoms in total. The van der Waals surface area contributed by atoms with Crippen LogP contribution in [-0.4, -0.2) is 139 Å². The third-order valence-electron chi connectivity index (χ3n) is 9.03. The van der Waals surface area contributed by atoms with Crippen molar-refractivity contribution in [1.29, 1.82) is 0 Å². The lowest BCUT2D eigenvalue weighted by Gasteiger charge is -2.25. The van der Waals surface area contributed by atoms with E-state index >= 15 is 0 Å². The second-order valence-corrected chi connectivity index (χ2v) is 13.8. The molecule has 0 spiro atoms. The van der Waals surface area contributed by atoms with Crippen LogP contribution in [0.15, 0.2) is 54.7 Å². The van der Waals surface area contributed by atoms with Crippen LogP contribution in [0.1, 0.15) is 36.8 Å². The van der Waals surface area contributed by atoms with Crippen LogP contribution in [0, 0.1) is 0 Å². The molecule has 7 amide bonds. The molecule has 6 atom stereocenters. The number of hydrogen-bond donors (Lipinski definition) is 14. The van der Waals surface area contributed by atoms with Crippen LogP contribution < -0.4 is 43.4 Å². The van der Waals surface area contributed by atoms with Crippen LogP contribution in [0.5, 0.6) is 5.75 Å². The van der Waals surface area contributed by atoms with Gasteiger partial charge in [-0.25, -0.2) is 4.79 Å². The molecule has 0 radical (unpaired) electrons. The van der Waals surface area contributed by atoms with Crippen molar-refractivity contribution < 1.29 is 73.5 Å². The fraction of sp³-hybridized carbons (Fsp3) is 0.368. The largest absolute Gasteiger partial charge is 0.508 e. The van der Waals surface area contributed by atoms with Crippen LogP contribution in [0.25, 0.3) is 10.9 Å². The first-order valence-electron chi connectivity index (χ1n) is 18.7. The maximum Gasteiger partial charge on any atom is 0.326 e. The maximum absolute atomic E-state index is 14.1. The van der Waals surface area contributed by atoms with Gasteiger partial charge in [-0.15, -0.1) is 0 Å². The summed E-state index contributed by atoms with van der Waals surface area (Å²) in [7, 11) is 0. The highest BCUT2D eigenvalue weighted by atomic mass is 16.4. The van der Waals surface area contributed by atoms with Crippen molar-refractivity contribution in [2.75, 3.05) is 13.2 Å². The molecule has 0 fully saturated rings. The topological polar surface area (TPSA) is 412 Å². The molecule has 62 heavy (non-hydrogen) atoms. The molecule has 16 N–H and O–H groups in total. The predicted molar refractivity (Wildman–Crippen MR) is 212 cm³/mol. The maximum atomic E-state index is 14.1. The zero-order valence-corrected chi connectivity index (χ0v) is 32.8. The molecule has 334 valence electrons. The van der Waals surface area contributed by atoms with Gasteiger partial charge in [-0.2, -0.15) is 0 Å². The summed E-state index contributed by atoms with van der Waals surface area (Å²) in [5.41, 5.74) is 12.3. The number of carboxylic acid groups (broad SMARTS) is 3. The molecule has 3 aromatic rings. The standard InChI is InChI=1S/C38H47N9O15/c39-22(13-29(40)50)33(56)47-28(17-48)37(60)44-25(11-18-5-7-20(49)8-6-18)36(59)45-26(12-19-15-41-23-4-2-1-3-21(19)23)34(57)42-16-30(51)43-24(9-10-31(52)53)35(58)46-27(38(61)62)14-32(54)55/h1-8,15,22,24-28,41,48-49H,9-14,16-17,39H2,(H2,40,50)(H,42,57)(H,43,51)(H,44,60)(H,45,59)(H,46,58)(H,47,56)(H,52,53)(H,54,55)(H,61,62)/t22-,24-,25-,26-,27-,28-/m0/s1. The summed E-state index contributed by atoms with van der Waals surface area (Å²) < 4.78 is 0. The van der Waals surface area contributed by atoms with E-state index in [9.17, 15) is 63.3 Å². The fourth-order valence-corrected chi connectivity index (χ4v) is 5.85. The van der Waals surface area contributed by atoms with E-state index in [1.165, 1.54) is 24.3 Å². The molecule has 0 bridgehead atoms. The number of aliphatic hydroxyl groups is 1. The van der Waals surface area contributed by atoms with Crippen LogP contribution in [0.2, 0.25) is 0 Å². The summed E-state index contributed by atoms with van der Waals surface area (Å²) in [6, 6.07) is 2.58. The van der Waals surface area contributed by atoms with E-state index in [2.05, 4.69) is 31.6 Å². The number of para-hydroxylation sites is 1. The highest BCUT2D eigenvalue weighted by Gasteiger charge is 2.33. The van der Waals surface area contributed by atoms with E-state index in [0.29, 0.717) is 22.0 Å². The molecule has 1 aromatic heterocycles. The summed E-state index contributed by atoms with van der Waals surface area (Å²) >= 11 is 0. The van der Waals surface area contributed by atoms with Crippen LogP contribution in [0.3, 0.4) is 0 Å². The Labute approximate surface area is 351 Å². The summed E-state index contributed by atoms with van der Waals surface area (Å²) in [6.45, 7) is -1.86. The van der Waals surface area contributed by atoms with Gasteiger partial charge in [0.1, 0.15) is 36.0 Å². The highest BCUT2D eigenvalue weighted by Crippen LogP contribution is 2.20. The zero-order chi connectivity index (χ0) is 46.1. The minimum Gasteiger partial charge on any atom is -0.508 e. The quantitative estimate of drug-likeness (QED) is 0.0384. The van der Waals surface area contributed by atoms with Crippen LogP contribution >= 0.6 is 0 Å². The number of nitrogens with one attached hydrogen (secondary N) is 7. The molecule has 2 aromatic carbocycles. The number of fused-ring (bicyclic) bond motifs is 1. The average Bonchev–Trinajstić information content (AvgIpc) is 3.62. The molecule has 0 unspecified atom stereocenters. The lowest BCUT2D eigenvalue weighted by molar-refractivity contribution is -0.147. The van der Waals surface area contributed by atoms with Crippen molar-refractivity contribution in [2.24, 2.45) is 11.5 Å². The number of nitrogens with two attached hydrogens (primary N) is 2. The molecular formula is C38H47N9O15. The monoisotopic (exact) mass is 869 g/mol. The number of aliphatic hydroxyl groups excluding tert-OH is 1. The predicted octanol–water partition coefficient (Wildman–Crippen LogP) is -4.18. The Kier molecular flexibility index (Phi) is 18.3. The van der Waals surface area contributed by atoms with Gasteiger partial charge in [-0.3, -0.25) is 43.2 Å². The molecular weight excluding hydrogens is 822 g/mol. The number of phenols is 1. The summed E-state index contributed by atoms with van der Waals surface area (Å²) in [5.74, 6) is -12.1. The number of primary amides is 1. The van der Waals surface area contributed by atoms with Crippen molar-refractivity contribution in [3.8, 4) is 5.75 Å². The summed E-state index contributed by atoms with van der Waals surface area (Å²) in [6.07, 6.45) is -1.79. The Morgan fingerprint density at radius 2 is 1.23 bits per heavy atom. The van der Waals surface area contributed by atoms with E-state index in [4.69, 9.17) is 21.7 Å². The van der Waals surface area contributed by atoms with Gasteiger partial charge < -0.3 is 73.9 Å². The number of benzene rings is 2. The Hall–Kier alpha value is -7.60. The lowest BCUT2D eigenvalue weighted by Crippen LogP contribution is -2.59. The molecule has 0 aliphatic heterocycles. The second-order valence-electron chi connectivity index (χ2n) is 13.8. The molecule has 24 heteroatoms. The van der Waals surface area contributed by atoms with E-state index in [0.717, 1.165) is 0 Å². The van der Waals surface area contributed by atoms with Crippen molar-refractivity contribution in [1.82, 2.24) is 36.9 Å². The second kappa shape index (κ2) is 23.3. The number of phenolic OH excluding ortho intramolecular Hbond substituents is 1. The van der Waals surface area contributed by atoms with Crippen molar-refractivity contribution in [2.45, 2.75) is 74.8 Å². The number of H-pyrrole nitrogens is 1. The first kappa shape index (κ1) is 48.8. The van der Waals surface area contributed by atoms with E-state index in [-0.39, 0.29) is 18.6 Å². The number of carbonyl (C=O) groups excluding carboxylic acids is 7. The summed E-state index contributed by atoms with van der Waals surface area (Å²) in [4.78, 5) is 128. The van der Waals surface area contributed by atoms with Crippen molar-refractivity contribution in [3.63, 3.8) is 0 Å². The normalized spacial score (nSPS) is 13.8. The van der Waals surface area contributed by atoms with Gasteiger partial charge in [0.05, 0.1) is 32.0 Å². The molecule has 3 rings (SSSR count). The Bertz CT molecular complexity index is 2140. The average molecular weight is 870 g/mol. The molecule has 0 saturated heterocycles. The van der Waals surface area contributed by atoms with Crippen LogP contribution in [0.4, 0.5) is 0 Å². The van der Waals surface area contributed by atoms with E-state index in [1.54, 1.807) is 30.5 Å². The Morgan fingerprint density at radius 1 is 0.645 bits per heavy atom. The number of carbonyl (C=O) groups is 10. The van der Waals surface area contributed by atoms with Crippen molar-refractivity contribution in [3.05, 3.63) is 65.9 Å². The van der Waals surface area contributed by atoms with Gasteiger partial charge in [-0.05, 0) is 35.7 Å². The van der Waals surface area contributed by atoms with Crippen LogP contribution in [-0.2, 0) is 60.8 Å². The Balaban J connectivity index is 1.88. The van der Waals surface area contributed by atoms with E-state index in [1.807, 2.05) is 5.32 Å². The minimum atomic E-state index is -1.93. The number of aromatic amines is 1. The van der Waals surface area contributed by atoms with Gasteiger partial charge in [0.25, 0.3) is 0 Å². The molecule has 0 aliphatic rings. The van der Waals surface area contributed by atoms with Gasteiger partial charge >= 0.3 is 17.9 Å². The molecule has 0 saturated carbocycles. The smallest absolute Gasteiger partial charge is 0.326 e. The first-order valence-corrected chi connectivity index (χ1v) is 18.7. The third-order valence-corrected chi connectivity index (χ3v) is 9.03. The number of amides is 7. The first-order chi connectivity index (χ1) is 29.3. The van der Waals surface area contributed by atoms with Gasteiger partial charge in [0.2, 0.25) is 41.4 Å². The number of aromatic hydroxyl groups is 1. The van der Waals surface area contributed by atoms with Gasteiger partial charge in [0, 0.05) is 36.4 Å². The Morgan fingerprint density at radius 3 is 1.82 bits per heavy atom. The molecule has 0 aliphatic carbocycles. The number of aliphatic carboxylic acids is 3. The van der Waals surface area contributed by atoms with E-state index < -0.39 is 134 Å².